The molecule has 2 fully saturated rings. The van der Waals surface area contributed by atoms with E-state index in [9.17, 15) is 13.2 Å². The van der Waals surface area contributed by atoms with Gasteiger partial charge in [-0.1, -0.05) is 49.4 Å². The van der Waals surface area contributed by atoms with Crippen molar-refractivity contribution in [3.8, 4) is 0 Å². The number of carbonyl (C=O) groups is 1. The Balaban J connectivity index is 1.55. The first-order chi connectivity index (χ1) is 13.4. The lowest BCUT2D eigenvalue weighted by Crippen LogP contribution is -2.55. The zero-order valence-corrected chi connectivity index (χ0v) is 18.0. The Labute approximate surface area is 173 Å². The molecule has 1 aliphatic heterocycles. The van der Waals surface area contributed by atoms with Gasteiger partial charge in [-0.3, -0.25) is 9.69 Å². The number of sulfonamides is 1. The molecule has 1 aliphatic carbocycles. The van der Waals surface area contributed by atoms with Gasteiger partial charge in [-0.05, 0) is 31.9 Å². The summed E-state index contributed by atoms with van der Waals surface area (Å²) in [5.41, 5.74) is 0. The predicted octanol–water partition coefficient (Wildman–Crippen LogP) is 2.87. The minimum atomic E-state index is -3.61. The van der Waals surface area contributed by atoms with E-state index in [0.29, 0.717) is 26.2 Å². The van der Waals surface area contributed by atoms with Gasteiger partial charge < -0.3 is 5.32 Å². The highest BCUT2D eigenvalue weighted by molar-refractivity contribution is 7.89. The molecule has 0 bridgehead atoms. The molecule has 3 rings (SSSR count). The Kier molecular flexibility index (Phi) is 7.36. The normalized spacial score (nSPS) is 21.8. The molecule has 1 heterocycles. The lowest BCUT2D eigenvalue weighted by molar-refractivity contribution is -0.127. The van der Waals surface area contributed by atoms with Crippen molar-refractivity contribution in [1.82, 2.24) is 14.5 Å². The van der Waals surface area contributed by atoms with Gasteiger partial charge in [0.25, 0.3) is 0 Å². The summed E-state index contributed by atoms with van der Waals surface area (Å²) in [4.78, 5) is 14.9. The second-order valence-corrected chi connectivity index (χ2v) is 10.1. The summed E-state index contributed by atoms with van der Waals surface area (Å²) in [6.07, 6.45) is 6.98. The summed E-state index contributed by atoms with van der Waals surface area (Å²) < 4.78 is 27.2. The third-order valence-electron chi connectivity index (χ3n) is 5.86. The fraction of sp³-hybridized carbons (Fsp3) is 0.650. The van der Waals surface area contributed by atoms with E-state index in [4.69, 9.17) is 11.6 Å². The maximum Gasteiger partial charge on any atom is 0.244 e. The van der Waals surface area contributed by atoms with Crippen LogP contribution in [-0.4, -0.2) is 61.8 Å². The number of carbonyl (C=O) groups excluding carboxylic acids is 1. The Morgan fingerprint density at radius 2 is 1.68 bits per heavy atom. The van der Waals surface area contributed by atoms with Crippen molar-refractivity contribution in [2.24, 2.45) is 0 Å². The zero-order valence-electron chi connectivity index (χ0n) is 16.4. The highest BCUT2D eigenvalue weighted by Gasteiger charge is 2.33. The van der Waals surface area contributed by atoms with Gasteiger partial charge in [0.2, 0.25) is 15.9 Å². The number of piperazine rings is 1. The lowest BCUT2D eigenvalue weighted by Gasteiger charge is -2.37. The molecule has 0 unspecified atom stereocenters. The molecule has 2 aliphatic rings. The second kappa shape index (κ2) is 9.57. The van der Waals surface area contributed by atoms with Crippen molar-refractivity contribution in [1.29, 1.82) is 0 Å². The van der Waals surface area contributed by atoms with E-state index in [1.54, 1.807) is 18.2 Å². The van der Waals surface area contributed by atoms with Crippen LogP contribution in [0.4, 0.5) is 0 Å². The maximum absolute atomic E-state index is 12.9. The first kappa shape index (κ1) is 21.6. The van der Waals surface area contributed by atoms with Gasteiger partial charge in [-0.2, -0.15) is 4.31 Å². The molecule has 0 aromatic heterocycles. The first-order valence-electron chi connectivity index (χ1n) is 10.2. The molecule has 0 spiro atoms. The molecule has 8 heteroatoms. The van der Waals surface area contributed by atoms with E-state index in [0.717, 1.165) is 12.8 Å². The van der Waals surface area contributed by atoms with E-state index < -0.39 is 10.0 Å². The number of hydrogen-bond acceptors (Lipinski definition) is 4. The van der Waals surface area contributed by atoms with Crippen molar-refractivity contribution >= 4 is 27.5 Å². The van der Waals surface area contributed by atoms with Crippen LogP contribution in [0.15, 0.2) is 29.2 Å². The van der Waals surface area contributed by atoms with Crippen molar-refractivity contribution in [2.75, 3.05) is 26.2 Å². The summed E-state index contributed by atoms with van der Waals surface area (Å²) in [6, 6.07) is 6.54. The Bertz CT molecular complexity index is 771. The van der Waals surface area contributed by atoms with Gasteiger partial charge in [-0.25, -0.2) is 8.42 Å². The number of benzene rings is 1. The minimum absolute atomic E-state index is 0.0503. The first-order valence-corrected chi connectivity index (χ1v) is 12.0. The van der Waals surface area contributed by atoms with Crippen LogP contribution in [-0.2, 0) is 14.8 Å². The fourth-order valence-electron chi connectivity index (χ4n) is 4.04. The van der Waals surface area contributed by atoms with Crippen molar-refractivity contribution in [2.45, 2.75) is 62.4 Å². The molecule has 0 radical (unpaired) electrons. The average molecular weight is 428 g/mol. The molecule has 1 saturated carbocycles. The van der Waals surface area contributed by atoms with Crippen molar-refractivity contribution < 1.29 is 13.2 Å². The molecule has 1 aromatic carbocycles. The van der Waals surface area contributed by atoms with Crippen LogP contribution < -0.4 is 5.32 Å². The number of nitrogens with one attached hydrogen (secondary N) is 1. The van der Waals surface area contributed by atoms with E-state index in [1.807, 2.05) is 6.92 Å². The van der Waals surface area contributed by atoms with Gasteiger partial charge in [0.1, 0.15) is 4.90 Å². The van der Waals surface area contributed by atoms with Crippen LogP contribution in [0, 0.1) is 0 Å². The number of halogens is 1. The Morgan fingerprint density at radius 3 is 2.29 bits per heavy atom. The lowest BCUT2D eigenvalue weighted by atomic mass is 10.1. The molecule has 1 saturated heterocycles. The van der Waals surface area contributed by atoms with Crippen LogP contribution in [0.2, 0.25) is 5.02 Å². The Hall–Kier alpha value is -1.15. The number of nitrogens with zero attached hydrogens (tertiary/aromatic N) is 2. The largest absolute Gasteiger partial charge is 0.352 e. The highest BCUT2D eigenvalue weighted by Crippen LogP contribution is 2.25. The van der Waals surface area contributed by atoms with E-state index in [2.05, 4.69) is 10.2 Å². The third-order valence-corrected chi connectivity index (χ3v) is 8.25. The van der Waals surface area contributed by atoms with Gasteiger partial charge in [0.15, 0.2) is 0 Å². The predicted molar refractivity (Wildman–Crippen MR) is 111 cm³/mol. The summed E-state index contributed by atoms with van der Waals surface area (Å²) in [5.74, 6) is 0.0503. The van der Waals surface area contributed by atoms with Crippen LogP contribution >= 0.6 is 11.6 Å². The number of rotatable bonds is 5. The summed E-state index contributed by atoms with van der Waals surface area (Å²) in [6.45, 7) is 3.68. The smallest absolute Gasteiger partial charge is 0.244 e. The molecule has 1 amide bonds. The van der Waals surface area contributed by atoms with Crippen LogP contribution in [0.3, 0.4) is 0 Å². The molecule has 6 nitrogen and oxygen atoms in total. The standard InChI is InChI=1S/C20H30ClN3O3S/c1-16(20(25)22-17-8-4-2-3-5-9-17)23-12-14-24(15-13-23)28(26,27)19-11-7-6-10-18(19)21/h6-7,10-11,16-17H,2-5,8-9,12-15H2,1H3,(H,22,25)/t16-/m0/s1. The van der Waals surface area contributed by atoms with Gasteiger partial charge in [0, 0.05) is 32.2 Å². The third kappa shape index (κ3) is 5.06. The highest BCUT2D eigenvalue weighted by atomic mass is 35.5. The fourth-order valence-corrected chi connectivity index (χ4v) is 5.95. The molecular weight excluding hydrogens is 398 g/mol. The SMILES string of the molecule is C[C@@H](C(=O)NC1CCCCCC1)N1CCN(S(=O)(=O)c2ccccc2Cl)CC1. The van der Waals surface area contributed by atoms with Gasteiger partial charge >= 0.3 is 0 Å². The zero-order chi connectivity index (χ0) is 20.1. The minimum Gasteiger partial charge on any atom is -0.352 e. The van der Waals surface area contributed by atoms with Crippen LogP contribution in [0.1, 0.15) is 45.4 Å². The quantitative estimate of drug-likeness (QED) is 0.733. The maximum atomic E-state index is 12.9. The molecule has 1 aromatic rings. The second-order valence-electron chi connectivity index (χ2n) is 7.74. The average Bonchev–Trinajstić information content (AvgIpc) is 2.96. The van der Waals surface area contributed by atoms with E-state index in [-0.39, 0.29) is 27.9 Å². The summed E-state index contributed by atoms with van der Waals surface area (Å²) in [5, 5.41) is 3.44. The number of hydrogen-bond donors (Lipinski definition) is 1. The van der Waals surface area contributed by atoms with Crippen molar-refractivity contribution in [3.05, 3.63) is 29.3 Å². The molecule has 156 valence electrons. The van der Waals surface area contributed by atoms with Crippen LogP contribution in [0.5, 0.6) is 0 Å². The molecule has 28 heavy (non-hydrogen) atoms. The monoisotopic (exact) mass is 427 g/mol. The van der Waals surface area contributed by atoms with Gasteiger partial charge in [0.05, 0.1) is 11.1 Å². The topological polar surface area (TPSA) is 69.7 Å². The van der Waals surface area contributed by atoms with Crippen LogP contribution in [0.25, 0.3) is 0 Å². The van der Waals surface area contributed by atoms with E-state index >= 15 is 0 Å². The number of amides is 1. The van der Waals surface area contributed by atoms with Gasteiger partial charge in [-0.15, -0.1) is 0 Å². The summed E-state index contributed by atoms with van der Waals surface area (Å²) >= 11 is 6.08. The van der Waals surface area contributed by atoms with E-state index in [1.165, 1.54) is 36.1 Å². The summed E-state index contributed by atoms with van der Waals surface area (Å²) in [7, 11) is -3.61. The molecule has 1 atom stereocenters. The van der Waals surface area contributed by atoms with Crippen molar-refractivity contribution in [3.63, 3.8) is 0 Å². The molecule has 1 N–H and O–H groups in total. The molecular formula is C20H30ClN3O3S. The Morgan fingerprint density at radius 1 is 1.07 bits per heavy atom.